The molecule has 98 valence electrons. The number of carboxylic acid groups (broad SMARTS) is 1. The Balaban J connectivity index is 1.98. The highest BCUT2D eigenvalue weighted by Crippen LogP contribution is 2.31. The minimum absolute atomic E-state index is 0.0872. The first-order chi connectivity index (χ1) is 8.54. The maximum atomic E-state index is 12.1. The van der Waals surface area contributed by atoms with Crippen LogP contribution >= 0.6 is 23.1 Å². The predicted octanol–water partition coefficient (Wildman–Crippen LogP) is 2.31. The molecule has 0 aliphatic carbocycles. The molecule has 0 saturated carbocycles. The molecule has 2 rings (SSSR count). The van der Waals surface area contributed by atoms with Gasteiger partial charge in [0.25, 0.3) is 0 Å². The van der Waals surface area contributed by atoms with Crippen molar-refractivity contribution in [1.29, 1.82) is 0 Å². The highest BCUT2D eigenvalue weighted by molar-refractivity contribution is 8.01. The molecule has 1 aliphatic heterocycles. The smallest absolute Gasteiger partial charge is 0.329 e. The van der Waals surface area contributed by atoms with E-state index in [4.69, 9.17) is 0 Å². The van der Waals surface area contributed by atoms with Crippen LogP contribution in [0.15, 0.2) is 21.7 Å². The molecule has 1 unspecified atom stereocenters. The third-order valence-electron chi connectivity index (χ3n) is 3.24. The van der Waals surface area contributed by atoms with Gasteiger partial charge < -0.3 is 10.0 Å². The van der Waals surface area contributed by atoms with E-state index in [1.54, 1.807) is 18.3 Å². The summed E-state index contributed by atoms with van der Waals surface area (Å²) in [6.45, 7) is 2.18. The van der Waals surface area contributed by atoms with E-state index in [0.29, 0.717) is 18.7 Å². The number of likely N-dealkylation sites (tertiary alicyclic amines) is 1. The second-order valence-electron chi connectivity index (χ2n) is 4.45. The van der Waals surface area contributed by atoms with Gasteiger partial charge in [-0.05, 0) is 31.2 Å². The zero-order valence-electron chi connectivity index (χ0n) is 10.1. The van der Waals surface area contributed by atoms with Gasteiger partial charge >= 0.3 is 5.97 Å². The van der Waals surface area contributed by atoms with Crippen molar-refractivity contribution in [2.75, 3.05) is 12.3 Å². The standard InChI is InChI=1S/C12H15NO3S2/c1-12(11(15)16)5-3-6-13(12)9(14)8-18-10-4-2-7-17-10/h2,4,7H,3,5-6,8H2,1H3,(H,15,16). The van der Waals surface area contributed by atoms with Crippen molar-refractivity contribution in [3.63, 3.8) is 0 Å². The molecule has 6 heteroatoms. The van der Waals surface area contributed by atoms with Crippen LogP contribution in [0, 0.1) is 0 Å². The predicted molar refractivity (Wildman–Crippen MR) is 72.0 cm³/mol. The number of thioether (sulfide) groups is 1. The first-order valence-electron chi connectivity index (χ1n) is 5.74. The van der Waals surface area contributed by atoms with Crippen LogP contribution in [0.2, 0.25) is 0 Å². The van der Waals surface area contributed by atoms with Gasteiger partial charge in [-0.15, -0.1) is 23.1 Å². The zero-order valence-corrected chi connectivity index (χ0v) is 11.7. The van der Waals surface area contributed by atoms with Crippen molar-refractivity contribution in [1.82, 2.24) is 4.90 Å². The minimum atomic E-state index is -1.02. The maximum absolute atomic E-state index is 12.1. The summed E-state index contributed by atoms with van der Waals surface area (Å²) in [5.74, 6) is -0.686. The van der Waals surface area contributed by atoms with Gasteiger partial charge in [0.2, 0.25) is 5.91 Å². The molecule has 1 N–H and O–H groups in total. The van der Waals surface area contributed by atoms with Gasteiger partial charge in [-0.2, -0.15) is 0 Å². The molecule has 1 atom stereocenters. The highest BCUT2D eigenvalue weighted by atomic mass is 32.2. The summed E-state index contributed by atoms with van der Waals surface area (Å²) >= 11 is 3.06. The maximum Gasteiger partial charge on any atom is 0.329 e. The van der Waals surface area contributed by atoms with Crippen LogP contribution in [0.1, 0.15) is 19.8 Å². The number of amides is 1. The third kappa shape index (κ3) is 2.54. The zero-order chi connectivity index (χ0) is 13.2. The van der Waals surface area contributed by atoms with Gasteiger partial charge in [-0.25, -0.2) is 4.79 Å². The Bertz CT molecular complexity index is 446. The summed E-state index contributed by atoms with van der Waals surface area (Å²) in [7, 11) is 0. The Morgan fingerprint density at radius 2 is 2.39 bits per heavy atom. The summed E-state index contributed by atoms with van der Waals surface area (Å²) in [5.41, 5.74) is -1.02. The Labute approximate surface area is 114 Å². The number of carboxylic acids is 1. The molecule has 0 spiro atoms. The lowest BCUT2D eigenvalue weighted by molar-refractivity contribution is -0.154. The first-order valence-corrected chi connectivity index (χ1v) is 7.61. The van der Waals surface area contributed by atoms with E-state index < -0.39 is 11.5 Å². The Kier molecular flexibility index (Phi) is 3.97. The van der Waals surface area contributed by atoms with E-state index in [-0.39, 0.29) is 5.91 Å². The van der Waals surface area contributed by atoms with E-state index in [0.717, 1.165) is 10.6 Å². The van der Waals surface area contributed by atoms with Crippen molar-refractivity contribution in [2.45, 2.75) is 29.5 Å². The number of aliphatic carboxylic acids is 1. The molecular weight excluding hydrogens is 270 g/mol. The molecule has 0 aromatic carbocycles. The van der Waals surface area contributed by atoms with Crippen molar-refractivity contribution in [3.05, 3.63) is 17.5 Å². The third-order valence-corrected chi connectivity index (χ3v) is 5.35. The van der Waals surface area contributed by atoms with Crippen LogP contribution < -0.4 is 0 Å². The number of hydrogen-bond donors (Lipinski definition) is 1. The summed E-state index contributed by atoms with van der Waals surface area (Å²) in [4.78, 5) is 24.9. The Morgan fingerprint density at radius 3 is 3.00 bits per heavy atom. The Hall–Kier alpha value is -1.01. The van der Waals surface area contributed by atoms with Gasteiger partial charge in [0.15, 0.2) is 0 Å². The fourth-order valence-corrected chi connectivity index (χ4v) is 3.80. The van der Waals surface area contributed by atoms with Gasteiger partial charge in [0, 0.05) is 6.54 Å². The molecule has 1 aliphatic rings. The number of rotatable bonds is 4. The van der Waals surface area contributed by atoms with Crippen molar-refractivity contribution >= 4 is 35.0 Å². The Morgan fingerprint density at radius 1 is 1.61 bits per heavy atom. The summed E-state index contributed by atoms with van der Waals surface area (Å²) in [5, 5.41) is 11.2. The van der Waals surface area contributed by atoms with E-state index >= 15 is 0 Å². The van der Waals surface area contributed by atoms with Gasteiger partial charge in [0.1, 0.15) is 5.54 Å². The molecular formula is C12H15NO3S2. The fourth-order valence-electron chi connectivity index (χ4n) is 2.14. The summed E-state index contributed by atoms with van der Waals surface area (Å²) in [6.07, 6.45) is 1.30. The van der Waals surface area contributed by atoms with Crippen LogP contribution in [-0.2, 0) is 9.59 Å². The van der Waals surface area contributed by atoms with E-state index in [9.17, 15) is 14.7 Å². The molecule has 1 fully saturated rings. The van der Waals surface area contributed by atoms with Crippen LogP contribution in [-0.4, -0.2) is 39.7 Å². The first kappa shape index (κ1) is 13.4. The number of hydrogen-bond acceptors (Lipinski definition) is 4. The monoisotopic (exact) mass is 285 g/mol. The lowest BCUT2D eigenvalue weighted by Gasteiger charge is -2.31. The van der Waals surface area contributed by atoms with Gasteiger partial charge in [0.05, 0.1) is 9.96 Å². The number of thiophene rings is 1. The molecule has 0 radical (unpaired) electrons. The van der Waals surface area contributed by atoms with Crippen LogP contribution in [0.4, 0.5) is 0 Å². The molecule has 1 aromatic heterocycles. The average molecular weight is 285 g/mol. The van der Waals surface area contributed by atoms with Gasteiger partial charge in [-0.3, -0.25) is 4.79 Å². The van der Waals surface area contributed by atoms with Gasteiger partial charge in [-0.1, -0.05) is 6.07 Å². The topological polar surface area (TPSA) is 57.6 Å². The average Bonchev–Trinajstić information content (AvgIpc) is 2.95. The quantitative estimate of drug-likeness (QED) is 0.862. The SMILES string of the molecule is CC1(C(=O)O)CCCN1C(=O)CSc1cccs1. The molecule has 18 heavy (non-hydrogen) atoms. The molecule has 1 amide bonds. The van der Waals surface area contributed by atoms with Crippen LogP contribution in [0.5, 0.6) is 0 Å². The molecule has 2 heterocycles. The summed E-state index contributed by atoms with van der Waals surface area (Å²) in [6, 6.07) is 3.90. The minimum Gasteiger partial charge on any atom is -0.480 e. The van der Waals surface area contributed by atoms with E-state index in [1.807, 2.05) is 17.5 Å². The van der Waals surface area contributed by atoms with Crippen molar-refractivity contribution < 1.29 is 14.7 Å². The number of carbonyl (C=O) groups is 2. The van der Waals surface area contributed by atoms with Crippen molar-refractivity contribution in [3.8, 4) is 0 Å². The largest absolute Gasteiger partial charge is 0.480 e. The number of carbonyl (C=O) groups excluding carboxylic acids is 1. The van der Waals surface area contributed by atoms with Crippen LogP contribution in [0.3, 0.4) is 0 Å². The lowest BCUT2D eigenvalue weighted by atomic mass is 9.99. The fraction of sp³-hybridized carbons (Fsp3) is 0.500. The van der Waals surface area contributed by atoms with Crippen molar-refractivity contribution in [2.24, 2.45) is 0 Å². The molecule has 1 aromatic rings. The lowest BCUT2D eigenvalue weighted by Crippen LogP contribution is -2.51. The molecule has 4 nitrogen and oxygen atoms in total. The second-order valence-corrected chi connectivity index (χ2v) is 6.67. The molecule has 0 bridgehead atoms. The second kappa shape index (κ2) is 5.32. The van der Waals surface area contributed by atoms with E-state index in [2.05, 4.69) is 0 Å². The highest BCUT2D eigenvalue weighted by Gasteiger charge is 2.45. The normalized spacial score (nSPS) is 23.3. The van der Waals surface area contributed by atoms with Crippen LogP contribution in [0.25, 0.3) is 0 Å². The molecule has 1 saturated heterocycles. The van der Waals surface area contributed by atoms with E-state index in [1.165, 1.54) is 16.7 Å². The summed E-state index contributed by atoms with van der Waals surface area (Å²) < 4.78 is 1.08. The number of nitrogens with zero attached hydrogens (tertiary/aromatic N) is 1.